The van der Waals surface area contributed by atoms with Crippen LogP contribution in [0.1, 0.15) is 11.3 Å². The van der Waals surface area contributed by atoms with Crippen molar-refractivity contribution in [2.75, 3.05) is 6.61 Å². The molecule has 3 nitrogen and oxygen atoms in total. The van der Waals surface area contributed by atoms with Gasteiger partial charge in [-0.25, -0.2) is 4.39 Å². The number of aromatic nitrogens is 1. The Hall–Kier alpha value is -1.78. The van der Waals surface area contributed by atoms with E-state index in [0.29, 0.717) is 13.0 Å². The Bertz CT molecular complexity index is 492. The average molecular weight is 274 g/mol. The highest BCUT2D eigenvalue weighted by Crippen LogP contribution is 2.07. The van der Waals surface area contributed by atoms with Gasteiger partial charge in [0.2, 0.25) is 0 Å². The quantitative estimate of drug-likeness (QED) is 0.844. The van der Waals surface area contributed by atoms with Crippen LogP contribution in [0.15, 0.2) is 54.7 Å². The van der Waals surface area contributed by atoms with Gasteiger partial charge in [-0.05, 0) is 17.7 Å². The fourth-order valence-corrected chi connectivity index (χ4v) is 1.88. The van der Waals surface area contributed by atoms with E-state index in [1.807, 2.05) is 48.5 Å². The molecular formula is C16H19FN2O. The lowest BCUT2D eigenvalue weighted by molar-refractivity contribution is 0.0595. The first-order valence-corrected chi connectivity index (χ1v) is 6.67. The van der Waals surface area contributed by atoms with Gasteiger partial charge in [-0.1, -0.05) is 36.4 Å². The molecule has 0 radical (unpaired) electrons. The van der Waals surface area contributed by atoms with Gasteiger partial charge in [0, 0.05) is 24.4 Å². The van der Waals surface area contributed by atoms with Crippen LogP contribution in [-0.4, -0.2) is 23.8 Å². The van der Waals surface area contributed by atoms with Gasteiger partial charge in [0.05, 0.1) is 13.2 Å². The maximum atomic E-state index is 13.9. The zero-order valence-corrected chi connectivity index (χ0v) is 11.3. The standard InChI is InChI=1S/C16H19FN2O/c17-15(12-20-11-13-6-2-1-3-7-13)16(18)10-14-8-4-5-9-19-14/h1-9,15-16H,10-12,18H2/t15-,16?/m1/s1. The van der Waals surface area contributed by atoms with Crippen LogP contribution in [0.5, 0.6) is 0 Å². The summed E-state index contributed by atoms with van der Waals surface area (Å²) in [7, 11) is 0. The van der Waals surface area contributed by atoms with Crippen LogP contribution < -0.4 is 5.73 Å². The summed E-state index contributed by atoms with van der Waals surface area (Å²) in [6.45, 7) is 0.403. The number of halogens is 1. The van der Waals surface area contributed by atoms with Crippen LogP contribution in [0.2, 0.25) is 0 Å². The molecule has 0 aliphatic heterocycles. The summed E-state index contributed by atoms with van der Waals surface area (Å²) in [5.74, 6) is 0. The molecule has 2 N–H and O–H groups in total. The Morgan fingerprint density at radius 3 is 2.55 bits per heavy atom. The summed E-state index contributed by atoms with van der Waals surface area (Å²) < 4.78 is 19.3. The molecule has 2 atom stereocenters. The zero-order valence-electron chi connectivity index (χ0n) is 11.3. The molecule has 1 heterocycles. The molecule has 1 aromatic heterocycles. The van der Waals surface area contributed by atoms with Crippen LogP contribution >= 0.6 is 0 Å². The van der Waals surface area contributed by atoms with Crippen molar-refractivity contribution in [3.05, 3.63) is 66.0 Å². The maximum absolute atomic E-state index is 13.9. The molecule has 0 fully saturated rings. The molecule has 0 bridgehead atoms. The van der Waals surface area contributed by atoms with E-state index in [9.17, 15) is 4.39 Å². The van der Waals surface area contributed by atoms with E-state index in [1.54, 1.807) is 6.20 Å². The predicted octanol–water partition coefficient (Wildman–Crippen LogP) is 2.51. The molecule has 0 saturated carbocycles. The smallest absolute Gasteiger partial charge is 0.139 e. The molecule has 1 unspecified atom stereocenters. The molecule has 0 amide bonds. The van der Waals surface area contributed by atoms with Gasteiger partial charge >= 0.3 is 0 Å². The first-order chi connectivity index (χ1) is 9.75. The van der Waals surface area contributed by atoms with Crippen LogP contribution in [-0.2, 0) is 17.8 Å². The molecule has 106 valence electrons. The summed E-state index contributed by atoms with van der Waals surface area (Å²) >= 11 is 0. The molecule has 0 aliphatic carbocycles. The van der Waals surface area contributed by atoms with Crippen LogP contribution in [0, 0.1) is 0 Å². The van der Waals surface area contributed by atoms with Crippen molar-refractivity contribution in [3.8, 4) is 0 Å². The normalized spacial score (nSPS) is 13.9. The second-order valence-electron chi connectivity index (χ2n) is 4.71. The van der Waals surface area contributed by atoms with Gasteiger partial charge in [-0.15, -0.1) is 0 Å². The topological polar surface area (TPSA) is 48.1 Å². The van der Waals surface area contributed by atoms with Crippen molar-refractivity contribution in [2.45, 2.75) is 25.2 Å². The highest BCUT2D eigenvalue weighted by molar-refractivity contribution is 5.13. The van der Waals surface area contributed by atoms with Gasteiger partial charge in [0.1, 0.15) is 6.17 Å². The molecule has 0 aliphatic rings. The van der Waals surface area contributed by atoms with E-state index >= 15 is 0 Å². The molecule has 0 saturated heterocycles. The van der Waals surface area contributed by atoms with Crippen LogP contribution in [0.3, 0.4) is 0 Å². The zero-order chi connectivity index (χ0) is 14.2. The number of pyridine rings is 1. The van der Waals surface area contributed by atoms with Crippen molar-refractivity contribution in [1.82, 2.24) is 4.98 Å². The van der Waals surface area contributed by atoms with Crippen molar-refractivity contribution in [2.24, 2.45) is 5.73 Å². The monoisotopic (exact) mass is 274 g/mol. The lowest BCUT2D eigenvalue weighted by Gasteiger charge is -2.16. The Morgan fingerprint density at radius 1 is 1.10 bits per heavy atom. The second kappa shape index (κ2) is 7.72. The number of ether oxygens (including phenoxy) is 1. The lowest BCUT2D eigenvalue weighted by Crippen LogP contribution is -2.37. The van der Waals surface area contributed by atoms with E-state index < -0.39 is 12.2 Å². The number of nitrogens with two attached hydrogens (primary N) is 1. The van der Waals surface area contributed by atoms with E-state index in [0.717, 1.165) is 11.3 Å². The van der Waals surface area contributed by atoms with E-state index in [-0.39, 0.29) is 6.61 Å². The first kappa shape index (κ1) is 14.6. The summed E-state index contributed by atoms with van der Waals surface area (Å²) in [6.07, 6.45) is 0.901. The third-order valence-corrected chi connectivity index (χ3v) is 3.02. The number of nitrogens with zero attached hydrogens (tertiary/aromatic N) is 1. The van der Waals surface area contributed by atoms with Crippen molar-refractivity contribution in [1.29, 1.82) is 0 Å². The predicted molar refractivity (Wildman–Crippen MR) is 76.9 cm³/mol. The van der Waals surface area contributed by atoms with Gasteiger partial charge < -0.3 is 10.5 Å². The molecule has 1 aromatic carbocycles. The SMILES string of the molecule is NC(Cc1ccccn1)[C@H](F)COCc1ccccc1. The fourth-order valence-electron chi connectivity index (χ4n) is 1.88. The Labute approximate surface area is 118 Å². The minimum absolute atomic E-state index is 0.00287. The number of benzene rings is 1. The van der Waals surface area contributed by atoms with E-state index in [2.05, 4.69) is 4.98 Å². The molecular weight excluding hydrogens is 255 g/mol. The number of hydrogen-bond donors (Lipinski definition) is 1. The minimum Gasteiger partial charge on any atom is -0.374 e. The van der Waals surface area contributed by atoms with Crippen molar-refractivity contribution in [3.63, 3.8) is 0 Å². The molecule has 4 heteroatoms. The highest BCUT2D eigenvalue weighted by Gasteiger charge is 2.18. The van der Waals surface area contributed by atoms with E-state index in [4.69, 9.17) is 10.5 Å². The van der Waals surface area contributed by atoms with E-state index in [1.165, 1.54) is 0 Å². The van der Waals surface area contributed by atoms with Crippen LogP contribution in [0.4, 0.5) is 4.39 Å². The average Bonchev–Trinajstić information content (AvgIpc) is 2.49. The Kier molecular flexibility index (Phi) is 5.65. The third kappa shape index (κ3) is 4.72. The van der Waals surface area contributed by atoms with Crippen LogP contribution in [0.25, 0.3) is 0 Å². The lowest BCUT2D eigenvalue weighted by atomic mass is 10.1. The minimum atomic E-state index is -1.19. The second-order valence-corrected chi connectivity index (χ2v) is 4.71. The maximum Gasteiger partial charge on any atom is 0.139 e. The molecule has 2 aromatic rings. The number of alkyl halides is 1. The third-order valence-electron chi connectivity index (χ3n) is 3.02. The fraction of sp³-hybridized carbons (Fsp3) is 0.312. The molecule has 2 rings (SSSR count). The van der Waals surface area contributed by atoms with Crippen molar-refractivity contribution >= 4 is 0 Å². The summed E-state index contributed by atoms with van der Waals surface area (Å²) in [6, 6.07) is 14.6. The van der Waals surface area contributed by atoms with Gasteiger partial charge in [-0.3, -0.25) is 4.98 Å². The first-order valence-electron chi connectivity index (χ1n) is 6.67. The van der Waals surface area contributed by atoms with Crippen molar-refractivity contribution < 1.29 is 9.13 Å². The number of hydrogen-bond acceptors (Lipinski definition) is 3. The summed E-state index contributed by atoms with van der Waals surface area (Å²) in [4.78, 5) is 4.14. The Morgan fingerprint density at radius 2 is 1.85 bits per heavy atom. The number of rotatable bonds is 7. The summed E-state index contributed by atoms with van der Waals surface area (Å²) in [5, 5.41) is 0. The summed E-state index contributed by atoms with van der Waals surface area (Å²) in [5.41, 5.74) is 7.66. The van der Waals surface area contributed by atoms with Gasteiger partial charge in [0.25, 0.3) is 0 Å². The molecule has 20 heavy (non-hydrogen) atoms. The Balaban J connectivity index is 1.73. The largest absolute Gasteiger partial charge is 0.374 e. The molecule has 0 spiro atoms. The van der Waals surface area contributed by atoms with Gasteiger partial charge in [0.15, 0.2) is 0 Å². The highest BCUT2D eigenvalue weighted by atomic mass is 19.1. The van der Waals surface area contributed by atoms with Gasteiger partial charge in [-0.2, -0.15) is 0 Å².